The average Bonchev–Trinajstić information content (AvgIpc) is 3.30. The number of rotatable bonds is 10. The van der Waals surface area contributed by atoms with Gasteiger partial charge in [0.25, 0.3) is 0 Å². The molecule has 194 valence electrons. The van der Waals surface area contributed by atoms with Gasteiger partial charge in [0.2, 0.25) is 11.5 Å². The van der Waals surface area contributed by atoms with Crippen LogP contribution in [0.3, 0.4) is 0 Å². The molecule has 1 saturated carbocycles. The van der Waals surface area contributed by atoms with Crippen molar-refractivity contribution in [3.63, 3.8) is 0 Å². The first kappa shape index (κ1) is 25.1. The lowest BCUT2D eigenvalue weighted by Crippen LogP contribution is -2.50. The molecule has 5 rings (SSSR count). The molecule has 0 radical (unpaired) electrons. The van der Waals surface area contributed by atoms with E-state index in [1.165, 1.54) is 7.11 Å². The van der Waals surface area contributed by atoms with Crippen LogP contribution in [-0.4, -0.2) is 34.6 Å². The van der Waals surface area contributed by atoms with Crippen LogP contribution in [-0.2, 0) is 11.4 Å². The number of aryl methyl sites for hydroxylation is 1. The minimum absolute atomic E-state index is 0.188. The highest BCUT2D eigenvalue weighted by Crippen LogP contribution is 2.39. The second-order valence-corrected chi connectivity index (χ2v) is 9.15. The van der Waals surface area contributed by atoms with Crippen LogP contribution in [0.4, 0.5) is 0 Å². The monoisotopic (exact) mass is 513 g/mol. The molecule has 1 N–H and O–H groups in total. The summed E-state index contributed by atoms with van der Waals surface area (Å²) in [6.45, 7) is 2.05. The smallest absolute Gasteiger partial charge is 0.348 e. The van der Waals surface area contributed by atoms with Gasteiger partial charge in [-0.2, -0.15) is 0 Å². The van der Waals surface area contributed by atoms with Gasteiger partial charge in [-0.25, -0.2) is 9.78 Å². The van der Waals surface area contributed by atoms with Crippen LogP contribution in [0.2, 0.25) is 0 Å². The van der Waals surface area contributed by atoms with Crippen molar-refractivity contribution in [3.8, 4) is 28.7 Å². The zero-order valence-electron chi connectivity index (χ0n) is 21.1. The Bertz CT molecular complexity index is 1450. The van der Waals surface area contributed by atoms with Gasteiger partial charge in [0, 0.05) is 17.2 Å². The molecule has 0 amide bonds. The van der Waals surface area contributed by atoms with Crippen molar-refractivity contribution in [2.75, 3.05) is 7.11 Å². The van der Waals surface area contributed by atoms with Crippen LogP contribution >= 0.6 is 0 Å². The Labute approximate surface area is 219 Å². The van der Waals surface area contributed by atoms with Crippen molar-refractivity contribution >= 4 is 11.8 Å². The van der Waals surface area contributed by atoms with Crippen LogP contribution < -0.4 is 14.2 Å². The lowest BCUT2D eigenvalue weighted by atomic mass is 9.80. The molecule has 1 fully saturated rings. The summed E-state index contributed by atoms with van der Waals surface area (Å²) in [5.74, 6) is 1.10. The fraction of sp³-hybridized carbons (Fsp3) is 0.233. The molecule has 1 heterocycles. The maximum absolute atomic E-state index is 13.4. The van der Waals surface area contributed by atoms with Crippen LogP contribution in [0, 0.1) is 6.92 Å². The second kappa shape index (κ2) is 10.4. The molecule has 0 atom stereocenters. The van der Waals surface area contributed by atoms with E-state index < -0.39 is 11.6 Å². The molecular weight excluding hydrogens is 486 g/mol. The highest BCUT2D eigenvalue weighted by molar-refractivity contribution is 6.11. The molecule has 1 aliphatic rings. The number of aromatic nitrogens is 1. The van der Waals surface area contributed by atoms with Crippen LogP contribution in [0.25, 0.3) is 11.5 Å². The maximum Gasteiger partial charge on any atom is 0.348 e. The number of carbonyl (C=O) groups is 2. The average molecular weight is 514 g/mol. The Kier molecular flexibility index (Phi) is 6.87. The summed E-state index contributed by atoms with van der Waals surface area (Å²) in [5, 5.41) is 9.69. The zero-order valence-corrected chi connectivity index (χ0v) is 21.1. The topological polar surface area (TPSA) is 108 Å². The molecule has 0 spiro atoms. The van der Waals surface area contributed by atoms with Crippen molar-refractivity contribution in [1.29, 1.82) is 0 Å². The predicted molar refractivity (Wildman–Crippen MR) is 139 cm³/mol. The Balaban J connectivity index is 1.30. The predicted octanol–water partition coefficient (Wildman–Crippen LogP) is 5.85. The number of carboxylic acids is 1. The number of carbonyl (C=O) groups excluding carboxylic acids is 1. The van der Waals surface area contributed by atoms with E-state index >= 15 is 0 Å². The molecule has 3 aromatic carbocycles. The van der Waals surface area contributed by atoms with E-state index in [9.17, 15) is 14.7 Å². The lowest BCUT2D eigenvalue weighted by Gasteiger charge is -2.38. The summed E-state index contributed by atoms with van der Waals surface area (Å²) in [5.41, 5.74) is 0.928. The van der Waals surface area contributed by atoms with E-state index in [0.717, 1.165) is 12.0 Å². The summed E-state index contributed by atoms with van der Waals surface area (Å²) in [6.07, 6.45) is 1.52. The van der Waals surface area contributed by atoms with Crippen molar-refractivity contribution < 1.29 is 33.3 Å². The molecule has 4 aromatic rings. The Morgan fingerprint density at radius 3 is 2.34 bits per heavy atom. The van der Waals surface area contributed by atoms with E-state index in [4.69, 9.17) is 18.6 Å². The fourth-order valence-electron chi connectivity index (χ4n) is 4.25. The molecular formula is C30H27NO7. The molecule has 0 aliphatic heterocycles. The van der Waals surface area contributed by atoms with Crippen LogP contribution in [0.15, 0.2) is 77.2 Å². The number of nitrogens with zero attached hydrogens (tertiary/aromatic N) is 1. The van der Waals surface area contributed by atoms with E-state index in [1.807, 2.05) is 37.3 Å². The number of methoxy groups -OCH3 is 1. The Morgan fingerprint density at radius 2 is 1.71 bits per heavy atom. The number of hydrogen-bond donors (Lipinski definition) is 1. The summed E-state index contributed by atoms with van der Waals surface area (Å²) >= 11 is 0. The summed E-state index contributed by atoms with van der Waals surface area (Å²) in [7, 11) is 1.50. The number of ketones is 1. The number of oxazole rings is 1. The van der Waals surface area contributed by atoms with Crippen molar-refractivity contribution in [3.05, 3.63) is 95.4 Å². The maximum atomic E-state index is 13.4. The summed E-state index contributed by atoms with van der Waals surface area (Å²) in [6, 6.07) is 21.2. The lowest BCUT2D eigenvalue weighted by molar-refractivity contribution is -0.163. The largest absolute Gasteiger partial charge is 0.497 e. The molecule has 0 saturated heterocycles. The van der Waals surface area contributed by atoms with Crippen molar-refractivity contribution in [2.45, 2.75) is 38.4 Å². The second-order valence-electron chi connectivity index (χ2n) is 9.15. The number of carboxylic acid groups (broad SMARTS) is 1. The van der Waals surface area contributed by atoms with Gasteiger partial charge in [-0.3, -0.25) is 4.79 Å². The van der Waals surface area contributed by atoms with E-state index in [2.05, 4.69) is 4.98 Å². The first-order valence-electron chi connectivity index (χ1n) is 12.3. The molecule has 8 heteroatoms. The summed E-state index contributed by atoms with van der Waals surface area (Å²) < 4.78 is 22.9. The number of hydrogen-bond acceptors (Lipinski definition) is 7. The van der Waals surface area contributed by atoms with Gasteiger partial charge in [0.1, 0.15) is 35.3 Å². The zero-order chi connectivity index (χ0) is 26.7. The minimum Gasteiger partial charge on any atom is -0.497 e. The van der Waals surface area contributed by atoms with Crippen molar-refractivity contribution in [2.24, 2.45) is 0 Å². The quantitative estimate of drug-likeness (QED) is 0.263. The number of aliphatic carboxylic acids is 1. The first-order chi connectivity index (χ1) is 18.4. The Hall–Kier alpha value is -4.59. The van der Waals surface area contributed by atoms with Gasteiger partial charge < -0.3 is 23.7 Å². The first-order valence-corrected chi connectivity index (χ1v) is 12.3. The van der Waals surface area contributed by atoms with E-state index in [-0.39, 0.29) is 23.7 Å². The highest BCUT2D eigenvalue weighted by atomic mass is 16.5. The minimum atomic E-state index is -1.32. The van der Waals surface area contributed by atoms with Gasteiger partial charge in [0.05, 0.1) is 12.7 Å². The SMILES string of the molecule is COc1ccc(C(=O)c2ccc(OCc3nc(-c4ccccc4)oc3C)cc2)c(OC2(C(=O)O)CCC2)c1. The molecule has 1 aromatic heterocycles. The molecule has 0 unspecified atom stereocenters. The fourth-order valence-corrected chi connectivity index (χ4v) is 4.25. The third-order valence-corrected chi connectivity index (χ3v) is 6.70. The molecule has 38 heavy (non-hydrogen) atoms. The highest BCUT2D eigenvalue weighted by Gasteiger charge is 2.47. The van der Waals surface area contributed by atoms with E-state index in [0.29, 0.717) is 47.2 Å². The van der Waals surface area contributed by atoms with Crippen LogP contribution in [0.1, 0.15) is 46.6 Å². The normalized spacial score (nSPS) is 13.8. The Morgan fingerprint density at radius 1 is 1.00 bits per heavy atom. The third-order valence-electron chi connectivity index (χ3n) is 6.70. The van der Waals surface area contributed by atoms with Gasteiger partial charge in [-0.1, -0.05) is 18.2 Å². The van der Waals surface area contributed by atoms with Crippen molar-refractivity contribution in [1.82, 2.24) is 4.98 Å². The third kappa shape index (κ3) is 4.98. The van der Waals surface area contributed by atoms with Gasteiger partial charge in [-0.05, 0) is 74.7 Å². The van der Waals surface area contributed by atoms with Gasteiger partial charge in [0.15, 0.2) is 5.78 Å². The van der Waals surface area contributed by atoms with Crippen LogP contribution in [0.5, 0.6) is 17.2 Å². The number of benzene rings is 3. The van der Waals surface area contributed by atoms with Gasteiger partial charge in [-0.15, -0.1) is 0 Å². The standard InChI is InChI=1S/C30H27NO7/c1-19-25(31-28(37-19)21-7-4-3-5-8-21)18-36-22-11-9-20(10-12-22)27(32)24-14-13-23(35-2)17-26(24)38-30(29(33)34)15-6-16-30/h3-5,7-14,17H,6,15-16,18H2,1-2H3,(H,33,34). The van der Waals surface area contributed by atoms with Gasteiger partial charge >= 0.3 is 5.97 Å². The molecule has 8 nitrogen and oxygen atoms in total. The summed E-state index contributed by atoms with van der Waals surface area (Å²) in [4.78, 5) is 29.8. The number of ether oxygens (including phenoxy) is 3. The molecule has 1 aliphatic carbocycles. The molecule has 0 bridgehead atoms. The van der Waals surface area contributed by atoms with E-state index in [1.54, 1.807) is 42.5 Å².